The smallest absolute Gasteiger partial charge is 0.191 e. The summed E-state index contributed by atoms with van der Waals surface area (Å²) in [6, 6.07) is 8.49. The molecule has 0 aromatic heterocycles. The molecule has 6 nitrogen and oxygen atoms in total. The Morgan fingerprint density at radius 3 is 2.72 bits per heavy atom. The van der Waals surface area contributed by atoms with Crippen LogP contribution >= 0.6 is 24.0 Å². The highest BCUT2D eigenvalue weighted by molar-refractivity contribution is 14.0. The highest BCUT2D eigenvalue weighted by Crippen LogP contribution is 2.39. The molecule has 1 saturated heterocycles. The number of aliphatic imine (C=N–C) groups is 1. The van der Waals surface area contributed by atoms with Crippen molar-refractivity contribution in [1.29, 1.82) is 0 Å². The third kappa shape index (κ3) is 7.29. The Morgan fingerprint density at radius 2 is 2.00 bits per heavy atom. The lowest BCUT2D eigenvalue weighted by atomic mass is 9.90. The summed E-state index contributed by atoms with van der Waals surface area (Å²) in [4.78, 5) is 7.36. The zero-order chi connectivity index (χ0) is 20.0. The van der Waals surface area contributed by atoms with Gasteiger partial charge >= 0.3 is 0 Å². The van der Waals surface area contributed by atoms with E-state index in [-0.39, 0.29) is 35.6 Å². The Morgan fingerprint density at radius 1 is 1.28 bits per heavy atom. The van der Waals surface area contributed by atoms with E-state index in [1.54, 1.807) is 0 Å². The second-order valence-electron chi connectivity index (χ2n) is 8.54. The number of ether oxygens (including phenoxy) is 2. The summed E-state index contributed by atoms with van der Waals surface area (Å²) < 4.78 is 11.6. The molecule has 29 heavy (non-hydrogen) atoms. The van der Waals surface area contributed by atoms with E-state index < -0.39 is 0 Å². The first kappa shape index (κ1) is 24.2. The molecule has 0 aliphatic carbocycles. The third-order valence-corrected chi connectivity index (χ3v) is 5.27. The number of fused-ring (bicyclic) bond motifs is 1. The average molecular weight is 516 g/mol. The fourth-order valence-corrected chi connectivity index (χ4v) is 3.95. The number of hydrogen-bond donors (Lipinski definition) is 2. The van der Waals surface area contributed by atoms with Crippen LogP contribution < -0.4 is 15.4 Å². The molecule has 1 fully saturated rings. The Labute approximate surface area is 192 Å². The minimum Gasteiger partial charge on any atom is -0.487 e. The van der Waals surface area contributed by atoms with Crippen molar-refractivity contribution in [2.75, 3.05) is 45.9 Å². The van der Waals surface area contributed by atoms with Gasteiger partial charge < -0.3 is 20.1 Å². The predicted octanol–water partition coefficient (Wildman–Crippen LogP) is 3.43. The number of benzene rings is 1. The van der Waals surface area contributed by atoms with Crippen LogP contribution in [-0.4, -0.2) is 62.4 Å². The number of halogens is 1. The van der Waals surface area contributed by atoms with Crippen LogP contribution in [0.15, 0.2) is 29.3 Å². The molecule has 2 N–H and O–H groups in total. The maximum absolute atomic E-state index is 6.16. The minimum atomic E-state index is -0.201. The van der Waals surface area contributed by atoms with Gasteiger partial charge in [0.05, 0.1) is 19.3 Å². The van der Waals surface area contributed by atoms with Crippen LogP contribution in [0.5, 0.6) is 5.75 Å². The van der Waals surface area contributed by atoms with Crippen molar-refractivity contribution < 1.29 is 9.47 Å². The molecule has 2 heterocycles. The van der Waals surface area contributed by atoms with Crippen LogP contribution in [0.25, 0.3) is 0 Å². The Bertz CT molecular complexity index is 662. The van der Waals surface area contributed by atoms with Crippen LogP contribution in [0.4, 0.5) is 0 Å². The summed E-state index contributed by atoms with van der Waals surface area (Å²) in [5.41, 5.74) is 1.00. The quantitative estimate of drug-likeness (QED) is 0.345. The highest BCUT2D eigenvalue weighted by atomic mass is 127. The van der Waals surface area contributed by atoms with Crippen molar-refractivity contribution in [2.24, 2.45) is 10.9 Å². The maximum Gasteiger partial charge on any atom is 0.191 e. The van der Waals surface area contributed by atoms with Crippen molar-refractivity contribution >= 4 is 29.9 Å². The van der Waals surface area contributed by atoms with Crippen LogP contribution in [0.1, 0.15) is 45.7 Å². The predicted molar refractivity (Wildman–Crippen MR) is 129 cm³/mol. The normalized spacial score (nSPS) is 22.6. The first-order valence-electron chi connectivity index (χ1n) is 10.6. The summed E-state index contributed by atoms with van der Waals surface area (Å²) in [5.74, 6) is 2.36. The molecule has 2 aliphatic heterocycles. The van der Waals surface area contributed by atoms with Crippen molar-refractivity contribution in [3.63, 3.8) is 0 Å². The molecule has 0 amide bonds. The summed E-state index contributed by atoms with van der Waals surface area (Å²) in [6.45, 7) is 15.1. The van der Waals surface area contributed by atoms with Crippen LogP contribution in [0, 0.1) is 5.92 Å². The molecule has 0 saturated carbocycles. The average Bonchev–Trinajstić information content (AvgIpc) is 2.66. The molecular formula is C22H37IN4O2. The molecule has 164 valence electrons. The van der Waals surface area contributed by atoms with Crippen molar-refractivity contribution in [2.45, 2.75) is 45.8 Å². The second-order valence-corrected chi connectivity index (χ2v) is 8.54. The topological polar surface area (TPSA) is 58.1 Å². The van der Waals surface area contributed by atoms with Gasteiger partial charge in [-0.05, 0) is 32.8 Å². The van der Waals surface area contributed by atoms with Crippen molar-refractivity contribution in [3.8, 4) is 5.75 Å². The molecule has 2 aliphatic rings. The Kier molecular flexibility index (Phi) is 9.49. The van der Waals surface area contributed by atoms with E-state index in [1.165, 1.54) is 5.56 Å². The van der Waals surface area contributed by atoms with Crippen LogP contribution in [0.2, 0.25) is 0 Å². The lowest BCUT2D eigenvalue weighted by Gasteiger charge is -2.38. The zero-order valence-corrected chi connectivity index (χ0v) is 20.6. The standard InChI is InChI=1S/C22H36N4O2.HI/c1-5-23-21(24-15-17(2)16-26-10-12-27-13-11-26)25-19-14-22(3,4)28-20-9-7-6-8-18(19)20;/h6-9,17,19H,5,10-16H2,1-4H3,(H2,23,24,25);1H. The molecule has 1 aromatic rings. The lowest BCUT2D eigenvalue weighted by molar-refractivity contribution is 0.0323. The number of nitrogens with zero attached hydrogens (tertiary/aromatic N) is 2. The number of guanidine groups is 1. The molecule has 3 rings (SSSR count). The molecule has 0 bridgehead atoms. The highest BCUT2D eigenvalue weighted by Gasteiger charge is 2.34. The van der Waals surface area contributed by atoms with Crippen LogP contribution in [-0.2, 0) is 4.74 Å². The minimum absolute atomic E-state index is 0. The lowest BCUT2D eigenvalue weighted by Crippen LogP contribution is -2.45. The van der Waals surface area contributed by atoms with E-state index in [9.17, 15) is 0 Å². The van der Waals surface area contributed by atoms with Gasteiger partial charge in [0.2, 0.25) is 0 Å². The van der Waals surface area contributed by atoms with E-state index >= 15 is 0 Å². The summed E-state index contributed by atoms with van der Waals surface area (Å²) in [6.07, 6.45) is 0.901. The van der Waals surface area contributed by atoms with E-state index in [2.05, 4.69) is 61.4 Å². The van der Waals surface area contributed by atoms with Gasteiger partial charge in [0.25, 0.3) is 0 Å². The monoisotopic (exact) mass is 516 g/mol. The zero-order valence-electron chi connectivity index (χ0n) is 18.2. The van der Waals surface area contributed by atoms with Gasteiger partial charge in [0.15, 0.2) is 5.96 Å². The van der Waals surface area contributed by atoms with E-state index in [4.69, 9.17) is 14.5 Å². The number of hydrogen-bond acceptors (Lipinski definition) is 4. The van der Waals surface area contributed by atoms with Gasteiger partial charge in [-0.25, -0.2) is 0 Å². The summed E-state index contributed by atoms with van der Waals surface area (Å²) in [7, 11) is 0. The van der Waals surface area contributed by atoms with Gasteiger partial charge in [-0.3, -0.25) is 9.89 Å². The first-order valence-corrected chi connectivity index (χ1v) is 10.6. The van der Waals surface area contributed by atoms with E-state index in [0.717, 1.165) is 64.1 Å². The van der Waals surface area contributed by atoms with Gasteiger partial charge in [-0.2, -0.15) is 0 Å². The van der Waals surface area contributed by atoms with Crippen molar-refractivity contribution in [3.05, 3.63) is 29.8 Å². The van der Waals surface area contributed by atoms with E-state index in [0.29, 0.717) is 5.92 Å². The maximum atomic E-state index is 6.16. The Balaban J connectivity index is 0.00000300. The molecule has 1 aromatic carbocycles. The first-order chi connectivity index (χ1) is 13.5. The van der Waals surface area contributed by atoms with E-state index in [1.807, 2.05) is 6.07 Å². The third-order valence-electron chi connectivity index (χ3n) is 5.27. The second kappa shape index (κ2) is 11.4. The fourth-order valence-electron chi connectivity index (χ4n) is 3.95. The number of nitrogens with one attached hydrogen (secondary N) is 2. The molecule has 0 radical (unpaired) electrons. The van der Waals surface area contributed by atoms with Gasteiger partial charge in [0.1, 0.15) is 11.4 Å². The molecular weight excluding hydrogens is 479 g/mol. The summed E-state index contributed by atoms with van der Waals surface area (Å²) >= 11 is 0. The van der Waals surface area contributed by atoms with Gasteiger partial charge in [-0.1, -0.05) is 25.1 Å². The Hall–Kier alpha value is -1.06. The van der Waals surface area contributed by atoms with Crippen molar-refractivity contribution in [1.82, 2.24) is 15.5 Å². The number of para-hydroxylation sites is 1. The number of rotatable bonds is 6. The summed E-state index contributed by atoms with van der Waals surface area (Å²) in [5, 5.41) is 7.06. The number of morpholine rings is 1. The SMILES string of the molecule is CCNC(=NCC(C)CN1CCOCC1)NC1CC(C)(C)Oc2ccccc21.I. The molecule has 2 unspecified atom stereocenters. The molecule has 0 spiro atoms. The van der Waals surface area contributed by atoms with Crippen LogP contribution in [0.3, 0.4) is 0 Å². The largest absolute Gasteiger partial charge is 0.487 e. The van der Waals surface area contributed by atoms with Gasteiger partial charge in [0, 0.05) is 44.7 Å². The molecule has 2 atom stereocenters. The molecule has 7 heteroatoms. The fraction of sp³-hybridized carbons (Fsp3) is 0.682. The van der Waals surface area contributed by atoms with Gasteiger partial charge in [-0.15, -0.1) is 24.0 Å².